The van der Waals surface area contributed by atoms with Crippen molar-refractivity contribution in [2.75, 3.05) is 13.1 Å². The van der Waals surface area contributed by atoms with E-state index in [4.69, 9.17) is 4.74 Å². The lowest BCUT2D eigenvalue weighted by Crippen LogP contribution is -2.47. The van der Waals surface area contributed by atoms with Gasteiger partial charge in [0.25, 0.3) is 0 Å². The second kappa shape index (κ2) is 6.33. The molecular formula is C17H23N3O4S. The summed E-state index contributed by atoms with van der Waals surface area (Å²) in [7, 11) is -3.65. The van der Waals surface area contributed by atoms with E-state index < -0.39 is 26.8 Å². The highest BCUT2D eigenvalue weighted by Crippen LogP contribution is 2.25. The summed E-state index contributed by atoms with van der Waals surface area (Å²) in [6.07, 6.45) is 0.638. The third-order valence-electron chi connectivity index (χ3n) is 4.11. The van der Waals surface area contributed by atoms with Crippen LogP contribution in [0.2, 0.25) is 0 Å². The van der Waals surface area contributed by atoms with Gasteiger partial charge in [-0.3, -0.25) is 0 Å². The SMILES string of the molecule is CC(C)(C)OC(=O)N1CCC[C@H](S(=O)(=O)c2nc3ccccc3[nH]2)C1. The standard InChI is InChI=1S/C17H23N3O4S/c1-17(2,3)24-16(21)20-10-6-7-12(11-20)25(22,23)15-18-13-8-4-5-9-14(13)19-15/h4-5,8-9,12H,6-7,10-11H2,1-3H3,(H,18,19)/t12-/m0/s1. The van der Waals surface area contributed by atoms with Gasteiger partial charge in [0.05, 0.1) is 16.3 Å². The van der Waals surface area contributed by atoms with Crippen LogP contribution in [0.25, 0.3) is 11.0 Å². The van der Waals surface area contributed by atoms with Crippen molar-refractivity contribution in [2.45, 2.75) is 49.6 Å². The van der Waals surface area contributed by atoms with Gasteiger partial charge in [-0.1, -0.05) is 12.1 Å². The smallest absolute Gasteiger partial charge is 0.410 e. The number of sulfone groups is 1. The predicted molar refractivity (Wildman–Crippen MR) is 94.1 cm³/mol. The normalized spacial score (nSPS) is 19.2. The Bertz CT molecular complexity index is 850. The zero-order chi connectivity index (χ0) is 18.2. The second-order valence-electron chi connectivity index (χ2n) is 7.29. The molecule has 1 aromatic heterocycles. The van der Waals surface area contributed by atoms with E-state index in [1.165, 1.54) is 4.90 Å². The fourth-order valence-corrected chi connectivity index (χ4v) is 4.55. The number of nitrogens with one attached hydrogen (secondary N) is 1. The summed E-state index contributed by atoms with van der Waals surface area (Å²) in [6, 6.07) is 7.18. The van der Waals surface area contributed by atoms with Gasteiger partial charge in [0.15, 0.2) is 0 Å². The highest BCUT2D eigenvalue weighted by molar-refractivity contribution is 7.91. The molecule has 0 spiro atoms. The molecule has 136 valence electrons. The van der Waals surface area contributed by atoms with Crippen molar-refractivity contribution in [3.8, 4) is 0 Å². The lowest BCUT2D eigenvalue weighted by Gasteiger charge is -2.33. The molecular weight excluding hydrogens is 342 g/mol. The Hall–Kier alpha value is -2.09. The molecule has 1 saturated heterocycles. The first-order chi connectivity index (χ1) is 11.7. The van der Waals surface area contributed by atoms with Crippen LogP contribution in [0, 0.1) is 0 Å². The number of imidazole rings is 1. The van der Waals surface area contributed by atoms with Crippen LogP contribution in [0.15, 0.2) is 29.4 Å². The minimum Gasteiger partial charge on any atom is -0.444 e. The monoisotopic (exact) mass is 365 g/mol. The van der Waals surface area contributed by atoms with Crippen LogP contribution >= 0.6 is 0 Å². The number of aromatic nitrogens is 2. The molecule has 1 aromatic carbocycles. The molecule has 1 amide bonds. The molecule has 0 aliphatic carbocycles. The van der Waals surface area contributed by atoms with Crippen molar-refractivity contribution in [3.05, 3.63) is 24.3 Å². The Morgan fingerprint density at radius 2 is 2.04 bits per heavy atom. The number of H-pyrrole nitrogens is 1. The second-order valence-corrected chi connectivity index (χ2v) is 9.44. The summed E-state index contributed by atoms with van der Waals surface area (Å²) in [4.78, 5) is 20.8. The lowest BCUT2D eigenvalue weighted by molar-refractivity contribution is 0.0219. The van der Waals surface area contributed by atoms with E-state index in [2.05, 4.69) is 9.97 Å². The number of fused-ring (bicyclic) bond motifs is 1. The predicted octanol–water partition coefficient (Wildman–Crippen LogP) is 2.74. The first-order valence-electron chi connectivity index (χ1n) is 8.33. The van der Waals surface area contributed by atoms with Gasteiger partial charge < -0.3 is 14.6 Å². The lowest BCUT2D eigenvalue weighted by atomic mass is 10.1. The first kappa shape index (κ1) is 17.7. The van der Waals surface area contributed by atoms with Gasteiger partial charge in [0.1, 0.15) is 5.60 Å². The maximum absolute atomic E-state index is 12.9. The summed E-state index contributed by atoms with van der Waals surface area (Å²) in [6.45, 7) is 5.99. The van der Waals surface area contributed by atoms with Crippen LogP contribution in [0.4, 0.5) is 4.79 Å². The van der Waals surface area contributed by atoms with E-state index in [9.17, 15) is 13.2 Å². The number of amides is 1. The molecule has 2 heterocycles. The van der Waals surface area contributed by atoms with Crippen LogP contribution in [-0.4, -0.2) is 53.3 Å². The van der Waals surface area contributed by atoms with Gasteiger partial charge in [0, 0.05) is 13.1 Å². The summed E-state index contributed by atoms with van der Waals surface area (Å²) in [5.74, 6) is 0. The Morgan fingerprint density at radius 3 is 2.72 bits per heavy atom. The van der Waals surface area contributed by atoms with E-state index in [1.807, 2.05) is 12.1 Å². The van der Waals surface area contributed by atoms with Crippen LogP contribution in [0.3, 0.4) is 0 Å². The molecule has 2 aromatic rings. The molecule has 1 fully saturated rings. The molecule has 25 heavy (non-hydrogen) atoms. The van der Waals surface area contributed by atoms with Gasteiger partial charge in [-0.15, -0.1) is 0 Å². The summed E-state index contributed by atoms with van der Waals surface area (Å²) < 4.78 is 31.2. The molecule has 1 aliphatic rings. The number of aromatic amines is 1. The zero-order valence-corrected chi connectivity index (χ0v) is 15.5. The summed E-state index contributed by atoms with van der Waals surface area (Å²) >= 11 is 0. The summed E-state index contributed by atoms with van der Waals surface area (Å²) in [5, 5.41) is -0.723. The van der Waals surface area contributed by atoms with Gasteiger partial charge in [-0.25, -0.2) is 18.2 Å². The van der Waals surface area contributed by atoms with Crippen LogP contribution in [0.1, 0.15) is 33.6 Å². The number of piperidine rings is 1. The number of para-hydroxylation sites is 2. The number of carbonyl (C=O) groups is 1. The number of likely N-dealkylation sites (tertiary alicyclic amines) is 1. The number of benzene rings is 1. The third kappa shape index (κ3) is 3.78. The molecule has 1 aliphatic heterocycles. The minimum atomic E-state index is -3.65. The zero-order valence-electron chi connectivity index (χ0n) is 14.7. The van der Waals surface area contributed by atoms with E-state index >= 15 is 0 Å². The molecule has 1 atom stereocenters. The van der Waals surface area contributed by atoms with Crippen LogP contribution < -0.4 is 0 Å². The van der Waals surface area contributed by atoms with Gasteiger partial charge >= 0.3 is 6.09 Å². The molecule has 7 nitrogen and oxygen atoms in total. The topological polar surface area (TPSA) is 92.4 Å². The number of hydrogen-bond donors (Lipinski definition) is 1. The van der Waals surface area contributed by atoms with Crippen LogP contribution in [-0.2, 0) is 14.6 Å². The van der Waals surface area contributed by atoms with Crippen molar-refractivity contribution in [2.24, 2.45) is 0 Å². The molecule has 8 heteroatoms. The largest absolute Gasteiger partial charge is 0.444 e. The van der Waals surface area contributed by atoms with Gasteiger partial charge in [0.2, 0.25) is 15.0 Å². The van der Waals surface area contributed by atoms with Gasteiger partial charge in [-0.05, 0) is 45.7 Å². The fourth-order valence-electron chi connectivity index (χ4n) is 2.91. The van der Waals surface area contributed by atoms with E-state index in [0.717, 1.165) is 0 Å². The number of nitrogens with zero attached hydrogens (tertiary/aromatic N) is 2. The highest BCUT2D eigenvalue weighted by Gasteiger charge is 2.36. The molecule has 1 N–H and O–H groups in total. The number of hydrogen-bond acceptors (Lipinski definition) is 5. The minimum absolute atomic E-state index is 0.0373. The van der Waals surface area contributed by atoms with Crippen molar-refractivity contribution in [1.82, 2.24) is 14.9 Å². The molecule has 0 saturated carbocycles. The third-order valence-corrected chi connectivity index (χ3v) is 6.10. The Balaban J connectivity index is 1.81. The number of rotatable bonds is 2. The highest BCUT2D eigenvalue weighted by atomic mass is 32.2. The Labute approximate surface area is 147 Å². The van der Waals surface area contributed by atoms with E-state index in [0.29, 0.717) is 30.4 Å². The van der Waals surface area contributed by atoms with Gasteiger partial charge in [-0.2, -0.15) is 0 Å². The number of ether oxygens (including phenoxy) is 1. The maximum Gasteiger partial charge on any atom is 0.410 e. The maximum atomic E-state index is 12.9. The fraction of sp³-hybridized carbons (Fsp3) is 0.529. The van der Waals surface area contributed by atoms with Crippen molar-refractivity contribution < 1.29 is 17.9 Å². The molecule has 0 unspecified atom stereocenters. The molecule has 3 rings (SSSR count). The van der Waals surface area contributed by atoms with Crippen LogP contribution in [0.5, 0.6) is 0 Å². The molecule has 0 bridgehead atoms. The average molecular weight is 365 g/mol. The average Bonchev–Trinajstić information content (AvgIpc) is 2.98. The van der Waals surface area contributed by atoms with E-state index in [-0.39, 0.29) is 11.7 Å². The number of carbonyl (C=O) groups excluding carboxylic acids is 1. The van der Waals surface area contributed by atoms with Crippen molar-refractivity contribution >= 4 is 27.0 Å². The summed E-state index contributed by atoms with van der Waals surface area (Å²) in [5.41, 5.74) is 0.684. The van der Waals surface area contributed by atoms with E-state index in [1.54, 1.807) is 32.9 Å². The quantitative estimate of drug-likeness (QED) is 0.883. The first-order valence-corrected chi connectivity index (χ1v) is 9.88. The van der Waals surface area contributed by atoms with Crippen molar-refractivity contribution in [3.63, 3.8) is 0 Å². The Kier molecular flexibility index (Phi) is 4.49. The molecule has 0 radical (unpaired) electrons. The Morgan fingerprint density at radius 1 is 1.32 bits per heavy atom. The van der Waals surface area contributed by atoms with Crippen molar-refractivity contribution in [1.29, 1.82) is 0 Å².